The van der Waals surface area contributed by atoms with Crippen molar-refractivity contribution in [3.63, 3.8) is 0 Å². The van der Waals surface area contributed by atoms with Gasteiger partial charge in [-0.2, -0.15) is 0 Å². The second kappa shape index (κ2) is 12.1. The molecule has 2 heterocycles. The molecule has 2 aromatic carbocycles. The third-order valence-corrected chi connectivity index (χ3v) is 7.02. The molecular formula is C28H36N2O3. The summed E-state index contributed by atoms with van der Waals surface area (Å²) in [5.41, 5.74) is 1.96. The molecule has 0 aromatic heterocycles. The van der Waals surface area contributed by atoms with E-state index in [0.717, 1.165) is 44.6 Å². The van der Waals surface area contributed by atoms with E-state index < -0.39 is 0 Å². The number of hydrogen-bond acceptors (Lipinski definition) is 4. The van der Waals surface area contributed by atoms with Gasteiger partial charge in [0, 0.05) is 43.6 Å². The van der Waals surface area contributed by atoms with Crippen molar-refractivity contribution in [2.45, 2.75) is 63.6 Å². The predicted molar refractivity (Wildman–Crippen MR) is 130 cm³/mol. The van der Waals surface area contributed by atoms with E-state index in [9.17, 15) is 9.59 Å². The maximum atomic E-state index is 12.7. The lowest BCUT2D eigenvalue weighted by molar-refractivity contribution is -0.133. The monoisotopic (exact) mass is 448 g/mol. The van der Waals surface area contributed by atoms with Crippen LogP contribution in [0.4, 0.5) is 0 Å². The summed E-state index contributed by atoms with van der Waals surface area (Å²) < 4.78 is 6.05. The summed E-state index contributed by atoms with van der Waals surface area (Å²) in [6.45, 7) is 4.24. The van der Waals surface area contributed by atoms with Crippen LogP contribution in [-0.2, 0) is 16.1 Å². The van der Waals surface area contributed by atoms with E-state index in [1.807, 2.05) is 41.3 Å². The zero-order valence-corrected chi connectivity index (χ0v) is 19.5. The lowest BCUT2D eigenvalue weighted by atomic mass is 10.0. The van der Waals surface area contributed by atoms with E-state index in [0.29, 0.717) is 38.0 Å². The fourth-order valence-electron chi connectivity index (χ4n) is 5.18. The average Bonchev–Trinajstić information content (AvgIpc) is 3.34. The highest BCUT2D eigenvalue weighted by Gasteiger charge is 2.33. The van der Waals surface area contributed by atoms with E-state index in [-0.39, 0.29) is 11.7 Å². The Kier molecular flexibility index (Phi) is 8.67. The zero-order chi connectivity index (χ0) is 22.9. The first kappa shape index (κ1) is 23.7. The van der Waals surface area contributed by atoms with Crippen LogP contribution in [0.15, 0.2) is 60.7 Å². The smallest absolute Gasteiger partial charge is 0.222 e. The Morgan fingerprint density at radius 3 is 2.27 bits per heavy atom. The maximum Gasteiger partial charge on any atom is 0.222 e. The second-order valence-corrected chi connectivity index (χ2v) is 9.29. The molecule has 0 spiro atoms. The number of piperidine rings is 1. The Hall–Kier alpha value is -2.50. The Morgan fingerprint density at radius 1 is 0.848 bits per heavy atom. The van der Waals surface area contributed by atoms with Gasteiger partial charge < -0.3 is 9.64 Å². The first-order valence-electron chi connectivity index (χ1n) is 12.4. The number of ether oxygens (including phenoxy) is 1. The van der Waals surface area contributed by atoms with Crippen LogP contribution in [0.5, 0.6) is 0 Å². The molecule has 1 atom stereocenters. The number of Topliss-reactive ketones (excluding diaryl/α,β-unsaturated/α-hetero) is 1. The quantitative estimate of drug-likeness (QED) is 0.494. The van der Waals surface area contributed by atoms with Gasteiger partial charge in [0.25, 0.3) is 0 Å². The van der Waals surface area contributed by atoms with Gasteiger partial charge >= 0.3 is 0 Å². The maximum absolute atomic E-state index is 12.7. The zero-order valence-electron chi connectivity index (χ0n) is 19.5. The number of hydrogen-bond donors (Lipinski definition) is 0. The van der Waals surface area contributed by atoms with E-state index in [1.54, 1.807) is 0 Å². The molecule has 0 radical (unpaired) electrons. The summed E-state index contributed by atoms with van der Waals surface area (Å²) >= 11 is 0. The molecule has 4 rings (SSSR count). The molecule has 2 saturated heterocycles. The van der Waals surface area contributed by atoms with Crippen LogP contribution in [0, 0.1) is 0 Å². The van der Waals surface area contributed by atoms with Crippen LogP contribution in [0.25, 0.3) is 0 Å². The predicted octanol–water partition coefficient (Wildman–Crippen LogP) is 4.71. The van der Waals surface area contributed by atoms with Crippen molar-refractivity contribution >= 4 is 11.7 Å². The summed E-state index contributed by atoms with van der Waals surface area (Å²) in [5.74, 6) is 0.315. The largest absolute Gasteiger partial charge is 0.375 e. The van der Waals surface area contributed by atoms with E-state index >= 15 is 0 Å². The minimum atomic E-state index is 0.122. The third kappa shape index (κ3) is 6.75. The van der Waals surface area contributed by atoms with Gasteiger partial charge in [0.1, 0.15) is 0 Å². The van der Waals surface area contributed by atoms with Crippen molar-refractivity contribution in [3.8, 4) is 0 Å². The first-order chi connectivity index (χ1) is 16.2. The molecule has 2 aromatic rings. The highest BCUT2D eigenvalue weighted by molar-refractivity contribution is 5.96. The normalized spacial score (nSPS) is 19.6. The molecule has 0 N–H and O–H groups in total. The van der Waals surface area contributed by atoms with Crippen LogP contribution < -0.4 is 0 Å². The number of ketones is 1. The molecule has 1 amide bonds. The molecule has 2 aliphatic rings. The standard InChI is InChI=1S/C28H36N2O3/c31-27(24-11-5-2-6-12-24)14-7-15-28(32)29-19-16-25(17-20-29)30-18-8-13-26(30)22-33-21-23-9-3-1-4-10-23/h1-6,9-12,25-26H,7-8,13-22H2/t26-/m0/s1. The highest BCUT2D eigenvalue weighted by Crippen LogP contribution is 2.27. The van der Waals surface area contributed by atoms with E-state index in [2.05, 4.69) is 29.2 Å². The summed E-state index contributed by atoms with van der Waals surface area (Å²) in [5, 5.41) is 0. The molecule has 5 nitrogen and oxygen atoms in total. The van der Waals surface area contributed by atoms with Crippen molar-refractivity contribution in [2.75, 3.05) is 26.2 Å². The van der Waals surface area contributed by atoms with Gasteiger partial charge in [-0.05, 0) is 44.2 Å². The molecular weight excluding hydrogens is 412 g/mol. The summed E-state index contributed by atoms with van der Waals surface area (Å²) in [6, 6.07) is 20.7. The Morgan fingerprint density at radius 2 is 1.55 bits per heavy atom. The molecule has 176 valence electrons. The van der Waals surface area contributed by atoms with Gasteiger partial charge in [-0.25, -0.2) is 0 Å². The number of rotatable bonds is 10. The van der Waals surface area contributed by atoms with Gasteiger partial charge in [-0.3, -0.25) is 14.5 Å². The number of benzene rings is 2. The molecule has 0 bridgehead atoms. The lowest BCUT2D eigenvalue weighted by Crippen LogP contribution is -2.49. The van der Waals surface area contributed by atoms with Crippen LogP contribution >= 0.6 is 0 Å². The topological polar surface area (TPSA) is 49.9 Å². The number of carbonyl (C=O) groups excluding carboxylic acids is 2. The summed E-state index contributed by atoms with van der Waals surface area (Å²) in [6.07, 6.45) is 6.01. The van der Waals surface area contributed by atoms with Crippen LogP contribution in [0.1, 0.15) is 60.9 Å². The molecule has 2 fully saturated rings. The van der Waals surface area contributed by atoms with Crippen LogP contribution in [0.2, 0.25) is 0 Å². The minimum absolute atomic E-state index is 0.122. The molecule has 5 heteroatoms. The number of likely N-dealkylation sites (tertiary alicyclic amines) is 2. The third-order valence-electron chi connectivity index (χ3n) is 7.02. The van der Waals surface area contributed by atoms with Crippen molar-refractivity contribution in [1.29, 1.82) is 0 Å². The van der Waals surface area contributed by atoms with Gasteiger partial charge in [0.05, 0.1) is 13.2 Å². The number of amides is 1. The van der Waals surface area contributed by atoms with E-state index in [4.69, 9.17) is 4.74 Å². The van der Waals surface area contributed by atoms with Crippen LogP contribution in [0.3, 0.4) is 0 Å². The van der Waals surface area contributed by atoms with Gasteiger partial charge in [-0.15, -0.1) is 0 Å². The lowest BCUT2D eigenvalue weighted by Gasteiger charge is -2.39. The van der Waals surface area contributed by atoms with Crippen molar-refractivity contribution in [3.05, 3.63) is 71.8 Å². The van der Waals surface area contributed by atoms with Gasteiger partial charge in [0.2, 0.25) is 5.91 Å². The Bertz CT molecular complexity index is 879. The fraction of sp³-hybridized carbons (Fsp3) is 0.500. The molecule has 0 unspecified atom stereocenters. The summed E-state index contributed by atoms with van der Waals surface area (Å²) in [7, 11) is 0. The second-order valence-electron chi connectivity index (χ2n) is 9.29. The molecule has 2 aliphatic heterocycles. The Labute approximate surface area is 197 Å². The molecule has 0 saturated carbocycles. The first-order valence-corrected chi connectivity index (χ1v) is 12.4. The van der Waals surface area contributed by atoms with Gasteiger partial charge in [-0.1, -0.05) is 60.7 Å². The Balaban J connectivity index is 1.15. The van der Waals surface area contributed by atoms with Crippen molar-refractivity contribution in [1.82, 2.24) is 9.80 Å². The number of nitrogens with zero attached hydrogens (tertiary/aromatic N) is 2. The minimum Gasteiger partial charge on any atom is -0.375 e. The van der Waals surface area contributed by atoms with E-state index in [1.165, 1.54) is 18.4 Å². The van der Waals surface area contributed by atoms with Crippen LogP contribution in [-0.4, -0.2) is 59.8 Å². The average molecular weight is 449 g/mol. The van der Waals surface area contributed by atoms with Crippen molar-refractivity contribution < 1.29 is 14.3 Å². The molecule has 0 aliphatic carbocycles. The van der Waals surface area contributed by atoms with Crippen molar-refractivity contribution in [2.24, 2.45) is 0 Å². The molecule has 33 heavy (non-hydrogen) atoms. The fourth-order valence-corrected chi connectivity index (χ4v) is 5.18. The summed E-state index contributed by atoms with van der Waals surface area (Å²) in [4.78, 5) is 29.5. The SMILES string of the molecule is O=C(CCCC(=O)N1CCC(N2CCC[C@H]2COCc2ccccc2)CC1)c1ccccc1. The highest BCUT2D eigenvalue weighted by atomic mass is 16.5. The number of carbonyl (C=O) groups is 2. The van der Waals surface area contributed by atoms with Gasteiger partial charge in [0.15, 0.2) is 5.78 Å².